The molecule has 0 saturated carbocycles. The van der Waals surface area contributed by atoms with E-state index in [1.807, 2.05) is 38.1 Å². The van der Waals surface area contributed by atoms with Crippen LogP contribution >= 0.6 is 0 Å². The first-order valence-electron chi connectivity index (χ1n) is 8.87. The zero-order valence-electron chi connectivity index (χ0n) is 15.5. The molecule has 5 heteroatoms. The van der Waals surface area contributed by atoms with E-state index in [2.05, 4.69) is 0 Å². The zero-order valence-corrected chi connectivity index (χ0v) is 16.3. The van der Waals surface area contributed by atoms with Crippen molar-refractivity contribution < 1.29 is 13.2 Å². The van der Waals surface area contributed by atoms with Gasteiger partial charge >= 0.3 is 0 Å². The van der Waals surface area contributed by atoms with E-state index in [1.165, 1.54) is 4.31 Å². The predicted molar refractivity (Wildman–Crippen MR) is 109 cm³/mol. The van der Waals surface area contributed by atoms with Crippen molar-refractivity contribution in [2.75, 3.05) is 10.9 Å². The van der Waals surface area contributed by atoms with E-state index in [-0.39, 0.29) is 11.4 Å². The Balaban J connectivity index is 2.01. The van der Waals surface area contributed by atoms with E-state index in [9.17, 15) is 8.42 Å². The van der Waals surface area contributed by atoms with E-state index in [0.29, 0.717) is 18.0 Å². The number of anilines is 1. The molecular weight excluding hydrogens is 358 g/mol. The maximum atomic E-state index is 13.3. The second-order valence-electron chi connectivity index (χ2n) is 6.24. The first kappa shape index (κ1) is 19.0. The number of hydrogen-bond acceptors (Lipinski definition) is 3. The van der Waals surface area contributed by atoms with Crippen LogP contribution in [0.4, 0.5) is 5.69 Å². The second-order valence-corrected chi connectivity index (χ2v) is 8.10. The number of rotatable bonds is 7. The highest BCUT2D eigenvalue weighted by Crippen LogP contribution is 2.27. The van der Waals surface area contributed by atoms with Gasteiger partial charge in [0.25, 0.3) is 10.0 Å². The Morgan fingerprint density at radius 2 is 1.48 bits per heavy atom. The lowest BCUT2D eigenvalue weighted by molar-refractivity contribution is 0.340. The van der Waals surface area contributed by atoms with Crippen molar-refractivity contribution in [1.29, 1.82) is 0 Å². The monoisotopic (exact) mass is 381 g/mol. The molecule has 0 amide bonds. The molecule has 0 radical (unpaired) electrons. The summed E-state index contributed by atoms with van der Waals surface area (Å²) in [6.07, 6.45) is 0. The molecular formula is C22H23NO3S. The SMILES string of the molecule is CCOc1ccc(N(Cc2ccc(C)cc2)S(=O)(=O)c2ccccc2)cc1. The predicted octanol–water partition coefficient (Wildman–Crippen LogP) is 4.79. The molecule has 140 valence electrons. The Kier molecular flexibility index (Phi) is 5.81. The molecule has 0 heterocycles. The number of ether oxygens (including phenoxy) is 1. The molecule has 3 rings (SSSR count). The lowest BCUT2D eigenvalue weighted by Crippen LogP contribution is -2.30. The van der Waals surface area contributed by atoms with Gasteiger partial charge in [0.1, 0.15) is 5.75 Å². The molecule has 0 unspecified atom stereocenters. The van der Waals surface area contributed by atoms with E-state index >= 15 is 0 Å². The first-order chi connectivity index (χ1) is 13.0. The standard InChI is InChI=1S/C22H23NO3S/c1-3-26-21-15-13-20(14-16-21)23(17-19-11-9-18(2)10-12-19)27(24,25)22-7-5-4-6-8-22/h4-16H,3,17H2,1-2H3. The van der Waals surface area contributed by atoms with Crippen LogP contribution in [-0.2, 0) is 16.6 Å². The molecule has 0 saturated heterocycles. The normalized spacial score (nSPS) is 11.2. The van der Waals surface area contributed by atoms with Crippen LogP contribution in [0.3, 0.4) is 0 Å². The summed E-state index contributed by atoms with van der Waals surface area (Å²) in [6, 6.07) is 23.5. The number of aryl methyl sites for hydroxylation is 1. The summed E-state index contributed by atoms with van der Waals surface area (Å²) >= 11 is 0. The number of sulfonamides is 1. The Morgan fingerprint density at radius 3 is 2.07 bits per heavy atom. The molecule has 0 fully saturated rings. The minimum atomic E-state index is -3.70. The largest absolute Gasteiger partial charge is 0.494 e. The van der Waals surface area contributed by atoms with Gasteiger partial charge in [0.2, 0.25) is 0 Å². The Morgan fingerprint density at radius 1 is 0.852 bits per heavy atom. The third kappa shape index (κ3) is 4.49. The van der Waals surface area contributed by atoms with Crippen molar-refractivity contribution in [2.24, 2.45) is 0 Å². The molecule has 4 nitrogen and oxygen atoms in total. The third-order valence-electron chi connectivity index (χ3n) is 4.21. The van der Waals surface area contributed by atoms with Gasteiger partial charge in [0, 0.05) is 0 Å². The molecule has 0 spiro atoms. The van der Waals surface area contributed by atoms with E-state index in [0.717, 1.165) is 11.1 Å². The van der Waals surface area contributed by atoms with Crippen molar-refractivity contribution in [3.05, 3.63) is 90.0 Å². The van der Waals surface area contributed by atoms with Gasteiger partial charge in [0.05, 0.1) is 23.7 Å². The van der Waals surface area contributed by atoms with Gasteiger partial charge in [-0.05, 0) is 55.8 Å². The van der Waals surface area contributed by atoms with Crippen LogP contribution in [0, 0.1) is 6.92 Å². The van der Waals surface area contributed by atoms with Crippen LogP contribution in [-0.4, -0.2) is 15.0 Å². The van der Waals surface area contributed by atoms with Crippen molar-refractivity contribution in [3.8, 4) is 5.75 Å². The molecule has 27 heavy (non-hydrogen) atoms. The van der Waals surface area contributed by atoms with Gasteiger partial charge < -0.3 is 4.74 Å². The van der Waals surface area contributed by atoms with Crippen LogP contribution in [0.15, 0.2) is 83.8 Å². The summed E-state index contributed by atoms with van der Waals surface area (Å²) in [7, 11) is -3.70. The van der Waals surface area contributed by atoms with E-state index in [1.54, 1.807) is 54.6 Å². The molecule has 0 aliphatic rings. The highest BCUT2D eigenvalue weighted by Gasteiger charge is 2.25. The second kappa shape index (κ2) is 8.27. The van der Waals surface area contributed by atoms with Gasteiger partial charge in [-0.1, -0.05) is 48.0 Å². The van der Waals surface area contributed by atoms with Crippen molar-refractivity contribution in [2.45, 2.75) is 25.3 Å². The van der Waals surface area contributed by atoms with Crippen molar-refractivity contribution >= 4 is 15.7 Å². The highest BCUT2D eigenvalue weighted by molar-refractivity contribution is 7.92. The zero-order chi connectivity index (χ0) is 19.3. The number of nitrogens with zero attached hydrogens (tertiary/aromatic N) is 1. The fourth-order valence-electron chi connectivity index (χ4n) is 2.77. The Labute approximate surface area is 161 Å². The molecule has 0 atom stereocenters. The summed E-state index contributed by atoms with van der Waals surface area (Å²) < 4.78 is 33.5. The van der Waals surface area contributed by atoms with Gasteiger partial charge in [-0.25, -0.2) is 8.42 Å². The fourth-order valence-corrected chi connectivity index (χ4v) is 4.24. The number of hydrogen-bond donors (Lipinski definition) is 0. The maximum absolute atomic E-state index is 13.3. The molecule has 0 aromatic heterocycles. The lowest BCUT2D eigenvalue weighted by atomic mass is 10.1. The molecule has 0 bridgehead atoms. The summed E-state index contributed by atoms with van der Waals surface area (Å²) in [5.41, 5.74) is 2.66. The molecule has 0 N–H and O–H groups in total. The van der Waals surface area contributed by atoms with Crippen LogP contribution < -0.4 is 9.04 Å². The Bertz CT molecular complexity index is 966. The third-order valence-corrected chi connectivity index (χ3v) is 6.00. The van der Waals surface area contributed by atoms with Gasteiger partial charge in [-0.15, -0.1) is 0 Å². The van der Waals surface area contributed by atoms with Crippen molar-refractivity contribution in [1.82, 2.24) is 0 Å². The van der Waals surface area contributed by atoms with Crippen LogP contribution in [0.25, 0.3) is 0 Å². The molecule has 0 aliphatic heterocycles. The quantitative estimate of drug-likeness (QED) is 0.591. The fraction of sp³-hybridized carbons (Fsp3) is 0.182. The highest BCUT2D eigenvalue weighted by atomic mass is 32.2. The minimum absolute atomic E-state index is 0.255. The van der Waals surface area contributed by atoms with E-state index in [4.69, 9.17) is 4.74 Å². The molecule has 3 aromatic rings. The minimum Gasteiger partial charge on any atom is -0.494 e. The van der Waals surface area contributed by atoms with Crippen molar-refractivity contribution in [3.63, 3.8) is 0 Å². The first-order valence-corrected chi connectivity index (χ1v) is 10.3. The smallest absolute Gasteiger partial charge is 0.264 e. The summed E-state index contributed by atoms with van der Waals surface area (Å²) in [5, 5.41) is 0. The average molecular weight is 381 g/mol. The van der Waals surface area contributed by atoms with Gasteiger partial charge in [0.15, 0.2) is 0 Å². The van der Waals surface area contributed by atoms with Crippen LogP contribution in [0.1, 0.15) is 18.1 Å². The molecule has 0 aliphatic carbocycles. The summed E-state index contributed by atoms with van der Waals surface area (Å²) in [4.78, 5) is 0.269. The van der Waals surface area contributed by atoms with E-state index < -0.39 is 10.0 Å². The average Bonchev–Trinajstić information content (AvgIpc) is 2.69. The lowest BCUT2D eigenvalue weighted by Gasteiger charge is -2.25. The van der Waals surface area contributed by atoms with Crippen LogP contribution in [0.5, 0.6) is 5.75 Å². The van der Waals surface area contributed by atoms with Gasteiger partial charge in [-0.3, -0.25) is 4.31 Å². The molecule has 3 aromatic carbocycles. The maximum Gasteiger partial charge on any atom is 0.264 e. The number of benzene rings is 3. The Hall–Kier alpha value is -2.79. The van der Waals surface area contributed by atoms with Gasteiger partial charge in [-0.2, -0.15) is 0 Å². The topological polar surface area (TPSA) is 46.6 Å². The summed E-state index contributed by atoms with van der Waals surface area (Å²) in [5.74, 6) is 0.716. The summed E-state index contributed by atoms with van der Waals surface area (Å²) in [6.45, 7) is 4.74. The van der Waals surface area contributed by atoms with Crippen LogP contribution in [0.2, 0.25) is 0 Å².